The quantitative estimate of drug-likeness (QED) is 0.860. The number of nitrogens with one attached hydrogen (secondary N) is 1. The van der Waals surface area contributed by atoms with E-state index < -0.39 is 0 Å². The number of rotatable bonds is 6. The van der Waals surface area contributed by atoms with E-state index >= 15 is 0 Å². The molecule has 0 spiro atoms. The third-order valence-corrected chi connectivity index (χ3v) is 4.13. The first kappa shape index (κ1) is 15.3. The lowest BCUT2D eigenvalue weighted by atomic mass is 10.0. The molecule has 0 aliphatic rings. The molecule has 0 aliphatic heterocycles. The molecule has 1 atom stereocenters. The summed E-state index contributed by atoms with van der Waals surface area (Å²) in [6.45, 7) is 4.32. The van der Waals surface area contributed by atoms with E-state index in [1.54, 1.807) is 0 Å². The molecule has 2 rings (SSSR count). The molecule has 108 valence electrons. The fourth-order valence-electron chi connectivity index (χ4n) is 2.46. The van der Waals surface area contributed by atoms with Gasteiger partial charge in [-0.15, -0.1) is 0 Å². The van der Waals surface area contributed by atoms with Crippen molar-refractivity contribution in [3.8, 4) is 0 Å². The van der Waals surface area contributed by atoms with Crippen molar-refractivity contribution >= 4 is 15.9 Å². The van der Waals surface area contributed by atoms with Crippen molar-refractivity contribution in [2.45, 2.75) is 38.8 Å². The van der Waals surface area contributed by atoms with E-state index in [4.69, 9.17) is 0 Å². The molecule has 0 saturated carbocycles. The minimum absolute atomic E-state index is 0.300. The van der Waals surface area contributed by atoms with Gasteiger partial charge in [-0.3, -0.25) is 4.68 Å². The van der Waals surface area contributed by atoms with Crippen LogP contribution >= 0.6 is 15.9 Å². The number of aryl methyl sites for hydroxylation is 1. The molecular weight excluding hydrogens is 314 g/mol. The van der Waals surface area contributed by atoms with Crippen LogP contribution in [0.5, 0.6) is 0 Å². The fraction of sp³-hybridized carbons (Fsp3) is 0.438. The van der Waals surface area contributed by atoms with Crippen LogP contribution in [0.2, 0.25) is 0 Å². The summed E-state index contributed by atoms with van der Waals surface area (Å²) in [6, 6.07) is 11.3. The summed E-state index contributed by atoms with van der Waals surface area (Å²) in [5.74, 6) is 0. The smallest absolute Gasteiger partial charge is 0.0698 e. The van der Waals surface area contributed by atoms with Gasteiger partial charge in [0, 0.05) is 6.04 Å². The third kappa shape index (κ3) is 3.49. The fourth-order valence-corrected chi connectivity index (χ4v) is 3.01. The molecule has 20 heavy (non-hydrogen) atoms. The molecule has 3 nitrogen and oxygen atoms in total. The second-order valence-corrected chi connectivity index (χ2v) is 6.14. The first-order chi connectivity index (χ1) is 9.63. The summed E-state index contributed by atoms with van der Waals surface area (Å²) in [7, 11) is 2.01. The van der Waals surface area contributed by atoms with Gasteiger partial charge >= 0.3 is 0 Å². The summed E-state index contributed by atoms with van der Waals surface area (Å²) in [4.78, 5) is 0. The molecule has 1 heterocycles. The van der Waals surface area contributed by atoms with Gasteiger partial charge in [0.25, 0.3) is 0 Å². The van der Waals surface area contributed by atoms with Crippen LogP contribution in [-0.2, 0) is 6.42 Å². The van der Waals surface area contributed by atoms with Crippen LogP contribution in [0.4, 0.5) is 0 Å². The molecule has 4 heteroatoms. The number of nitrogens with zero attached hydrogens (tertiary/aromatic N) is 2. The maximum absolute atomic E-state index is 4.47. The maximum Gasteiger partial charge on any atom is 0.0698 e. The van der Waals surface area contributed by atoms with Crippen LogP contribution in [-0.4, -0.2) is 16.8 Å². The Kier molecular flexibility index (Phi) is 5.38. The Morgan fingerprint density at radius 1 is 1.25 bits per heavy atom. The molecule has 1 aromatic carbocycles. The standard InChI is InChI=1S/C16H22BrN3/c1-12(2)20-16(14(17)11-19-20)15(18-3)10-9-13-7-5-4-6-8-13/h4-8,11-12,15,18H,9-10H2,1-3H3. The minimum Gasteiger partial charge on any atom is -0.312 e. The zero-order chi connectivity index (χ0) is 14.5. The molecule has 0 fully saturated rings. The van der Waals surface area contributed by atoms with Crippen molar-refractivity contribution in [2.24, 2.45) is 0 Å². The van der Waals surface area contributed by atoms with Crippen LogP contribution in [0, 0.1) is 0 Å². The zero-order valence-corrected chi connectivity index (χ0v) is 13.9. The van der Waals surface area contributed by atoms with E-state index in [2.05, 4.69) is 75.2 Å². The second kappa shape index (κ2) is 7.04. The molecule has 0 bridgehead atoms. The SMILES string of the molecule is CNC(CCc1ccccc1)c1c(Br)cnn1C(C)C. The average molecular weight is 336 g/mol. The van der Waals surface area contributed by atoms with E-state index in [1.165, 1.54) is 11.3 Å². The van der Waals surface area contributed by atoms with Crippen molar-refractivity contribution < 1.29 is 0 Å². The first-order valence-electron chi connectivity index (χ1n) is 7.07. The van der Waals surface area contributed by atoms with E-state index in [1.807, 2.05) is 13.2 Å². The van der Waals surface area contributed by atoms with Gasteiger partial charge in [0.05, 0.1) is 22.4 Å². The third-order valence-electron chi connectivity index (χ3n) is 3.52. The highest BCUT2D eigenvalue weighted by Gasteiger charge is 2.19. The van der Waals surface area contributed by atoms with Crippen LogP contribution < -0.4 is 5.32 Å². The summed E-state index contributed by atoms with van der Waals surface area (Å²) in [5, 5.41) is 7.89. The number of benzene rings is 1. The Morgan fingerprint density at radius 2 is 1.95 bits per heavy atom. The van der Waals surface area contributed by atoms with E-state index in [9.17, 15) is 0 Å². The summed E-state index contributed by atoms with van der Waals surface area (Å²) < 4.78 is 3.18. The monoisotopic (exact) mass is 335 g/mol. The Morgan fingerprint density at radius 3 is 2.55 bits per heavy atom. The van der Waals surface area contributed by atoms with Crippen molar-refractivity contribution in [2.75, 3.05) is 7.05 Å². The van der Waals surface area contributed by atoms with Crippen LogP contribution in [0.25, 0.3) is 0 Å². The zero-order valence-electron chi connectivity index (χ0n) is 12.3. The van der Waals surface area contributed by atoms with Gasteiger partial charge in [-0.2, -0.15) is 5.10 Å². The van der Waals surface area contributed by atoms with E-state index in [0.717, 1.165) is 17.3 Å². The van der Waals surface area contributed by atoms with Gasteiger partial charge in [0.1, 0.15) is 0 Å². The Hall–Kier alpha value is -1.13. The van der Waals surface area contributed by atoms with Crippen molar-refractivity contribution in [3.63, 3.8) is 0 Å². The highest BCUT2D eigenvalue weighted by Crippen LogP contribution is 2.28. The topological polar surface area (TPSA) is 29.9 Å². The average Bonchev–Trinajstić information content (AvgIpc) is 2.83. The predicted molar refractivity (Wildman–Crippen MR) is 86.9 cm³/mol. The summed E-state index contributed by atoms with van der Waals surface area (Å²) >= 11 is 3.63. The largest absolute Gasteiger partial charge is 0.312 e. The van der Waals surface area contributed by atoms with Crippen molar-refractivity contribution in [1.82, 2.24) is 15.1 Å². The van der Waals surface area contributed by atoms with Gasteiger partial charge in [-0.25, -0.2) is 0 Å². The van der Waals surface area contributed by atoms with E-state index in [0.29, 0.717) is 12.1 Å². The molecule has 1 N–H and O–H groups in total. The second-order valence-electron chi connectivity index (χ2n) is 5.28. The normalized spacial score (nSPS) is 12.8. The Labute approximate surface area is 129 Å². The predicted octanol–water partition coefficient (Wildman–Crippen LogP) is 4.12. The van der Waals surface area contributed by atoms with Crippen LogP contribution in [0.3, 0.4) is 0 Å². The molecule has 1 unspecified atom stereocenters. The highest BCUT2D eigenvalue weighted by atomic mass is 79.9. The molecule has 1 aromatic heterocycles. The Bertz CT molecular complexity index is 534. The molecule has 0 amide bonds. The highest BCUT2D eigenvalue weighted by molar-refractivity contribution is 9.10. The van der Waals surface area contributed by atoms with Crippen LogP contribution in [0.15, 0.2) is 41.0 Å². The molecule has 0 aliphatic carbocycles. The van der Waals surface area contributed by atoms with Gasteiger partial charge in [0.2, 0.25) is 0 Å². The lowest BCUT2D eigenvalue weighted by Gasteiger charge is -2.20. The lowest BCUT2D eigenvalue weighted by Crippen LogP contribution is -2.22. The van der Waals surface area contributed by atoms with Crippen LogP contribution in [0.1, 0.15) is 43.6 Å². The molecule has 2 aromatic rings. The van der Waals surface area contributed by atoms with Crippen molar-refractivity contribution in [1.29, 1.82) is 0 Å². The van der Waals surface area contributed by atoms with Gasteiger partial charge < -0.3 is 5.32 Å². The van der Waals surface area contributed by atoms with Gasteiger partial charge in [-0.1, -0.05) is 30.3 Å². The summed E-state index contributed by atoms with van der Waals surface area (Å²) in [5.41, 5.74) is 2.61. The van der Waals surface area contributed by atoms with Gasteiger partial charge in [-0.05, 0) is 55.2 Å². The van der Waals surface area contributed by atoms with Crippen molar-refractivity contribution in [3.05, 3.63) is 52.3 Å². The van der Waals surface area contributed by atoms with Gasteiger partial charge in [0.15, 0.2) is 0 Å². The number of hydrogen-bond donors (Lipinski definition) is 1. The number of halogens is 1. The maximum atomic E-state index is 4.47. The molecule has 0 radical (unpaired) electrons. The lowest BCUT2D eigenvalue weighted by molar-refractivity contribution is 0.445. The molecular formula is C16H22BrN3. The minimum atomic E-state index is 0.300. The first-order valence-corrected chi connectivity index (χ1v) is 7.87. The Balaban J connectivity index is 2.14. The summed E-state index contributed by atoms with van der Waals surface area (Å²) in [6.07, 6.45) is 4.00. The van der Waals surface area contributed by atoms with E-state index in [-0.39, 0.29) is 0 Å². The molecule has 0 saturated heterocycles. The number of aromatic nitrogens is 2. The number of hydrogen-bond acceptors (Lipinski definition) is 2.